The summed E-state index contributed by atoms with van der Waals surface area (Å²) >= 11 is 6.52. The summed E-state index contributed by atoms with van der Waals surface area (Å²) in [6.07, 6.45) is 3.07. The normalized spacial score (nSPS) is 12.1. The maximum Gasteiger partial charge on any atom is 0.115 e. The lowest BCUT2D eigenvalue weighted by atomic mass is 10.1. The molecule has 0 aliphatic carbocycles. The minimum atomic E-state index is -0.220. The van der Waals surface area contributed by atoms with Gasteiger partial charge in [-0.05, 0) is 15.9 Å². The Morgan fingerprint density at radius 2 is 2.42 bits per heavy atom. The molecule has 0 aromatic carbocycles. The summed E-state index contributed by atoms with van der Waals surface area (Å²) in [5, 5.41) is 9.33. The lowest BCUT2D eigenvalue weighted by Gasteiger charge is -2.04. The van der Waals surface area contributed by atoms with E-state index in [1.165, 1.54) is 6.33 Å². The van der Waals surface area contributed by atoms with Gasteiger partial charge in [0.2, 0.25) is 0 Å². The Morgan fingerprint density at radius 1 is 1.67 bits per heavy atom. The lowest BCUT2D eigenvalue weighted by molar-refractivity contribution is 0.908. The highest BCUT2D eigenvalue weighted by Gasteiger charge is 2.13. The van der Waals surface area contributed by atoms with Crippen LogP contribution in [0.3, 0.4) is 0 Å². The fourth-order valence-electron chi connectivity index (χ4n) is 0.747. The number of nitriles is 1. The SMILES string of the molecule is N#CC(CBr)c1ncncc1Br. The first-order valence-corrected chi connectivity index (χ1v) is 5.12. The zero-order valence-electron chi connectivity index (χ0n) is 6.04. The van der Waals surface area contributed by atoms with Gasteiger partial charge in [0.1, 0.15) is 6.33 Å². The van der Waals surface area contributed by atoms with E-state index in [2.05, 4.69) is 47.9 Å². The fraction of sp³-hybridized carbons (Fsp3) is 0.286. The van der Waals surface area contributed by atoms with Crippen molar-refractivity contribution < 1.29 is 0 Å². The van der Waals surface area contributed by atoms with E-state index in [1.807, 2.05) is 0 Å². The molecule has 0 amide bonds. The summed E-state index contributed by atoms with van der Waals surface area (Å²) in [6, 6.07) is 2.14. The minimum Gasteiger partial charge on any atom is -0.244 e. The highest BCUT2D eigenvalue weighted by molar-refractivity contribution is 9.10. The molecular formula is C7H5Br2N3. The molecule has 0 aliphatic rings. The quantitative estimate of drug-likeness (QED) is 0.785. The molecule has 0 aliphatic heterocycles. The van der Waals surface area contributed by atoms with Crippen molar-refractivity contribution in [3.05, 3.63) is 22.7 Å². The average molecular weight is 291 g/mol. The van der Waals surface area contributed by atoms with Gasteiger partial charge in [-0.25, -0.2) is 9.97 Å². The molecule has 0 spiro atoms. The molecule has 1 aromatic rings. The Hall–Kier alpha value is -0.470. The third-order valence-electron chi connectivity index (χ3n) is 1.34. The van der Waals surface area contributed by atoms with E-state index in [1.54, 1.807) is 6.20 Å². The molecule has 1 unspecified atom stereocenters. The van der Waals surface area contributed by atoms with Crippen LogP contribution < -0.4 is 0 Å². The number of nitrogens with zero attached hydrogens (tertiary/aromatic N) is 3. The van der Waals surface area contributed by atoms with Gasteiger partial charge in [0.15, 0.2) is 0 Å². The first-order valence-electron chi connectivity index (χ1n) is 3.20. The molecule has 0 fully saturated rings. The Balaban J connectivity index is 3.02. The number of rotatable bonds is 2. The summed E-state index contributed by atoms with van der Waals surface area (Å²) in [5.41, 5.74) is 0.726. The summed E-state index contributed by atoms with van der Waals surface area (Å²) in [5.74, 6) is -0.220. The predicted octanol–water partition coefficient (Wildman–Crippen LogP) is 2.24. The Labute approximate surface area is 87.1 Å². The first kappa shape index (κ1) is 9.62. The Morgan fingerprint density at radius 3 is 2.92 bits per heavy atom. The Kier molecular flexibility index (Phi) is 3.63. The van der Waals surface area contributed by atoms with Crippen LogP contribution in [0.1, 0.15) is 11.6 Å². The van der Waals surface area contributed by atoms with Crippen molar-refractivity contribution in [3.8, 4) is 6.07 Å². The average Bonchev–Trinajstić information content (AvgIpc) is 2.10. The predicted molar refractivity (Wildman–Crippen MR) is 51.9 cm³/mol. The van der Waals surface area contributed by atoms with Gasteiger partial charge in [0.05, 0.1) is 22.2 Å². The molecule has 3 nitrogen and oxygen atoms in total. The van der Waals surface area contributed by atoms with Crippen molar-refractivity contribution in [1.29, 1.82) is 5.26 Å². The van der Waals surface area contributed by atoms with E-state index in [0.29, 0.717) is 5.33 Å². The molecule has 0 bridgehead atoms. The van der Waals surface area contributed by atoms with E-state index in [9.17, 15) is 0 Å². The largest absolute Gasteiger partial charge is 0.244 e. The van der Waals surface area contributed by atoms with Gasteiger partial charge >= 0.3 is 0 Å². The van der Waals surface area contributed by atoms with Crippen LogP contribution in [0.4, 0.5) is 0 Å². The molecule has 0 saturated carbocycles. The monoisotopic (exact) mass is 289 g/mol. The maximum atomic E-state index is 8.74. The van der Waals surface area contributed by atoms with Gasteiger partial charge in [-0.1, -0.05) is 15.9 Å². The van der Waals surface area contributed by atoms with Crippen LogP contribution in [0.5, 0.6) is 0 Å². The summed E-state index contributed by atoms with van der Waals surface area (Å²) in [4.78, 5) is 7.82. The van der Waals surface area contributed by atoms with Gasteiger partial charge in [-0.3, -0.25) is 0 Å². The van der Waals surface area contributed by atoms with Crippen molar-refractivity contribution in [2.24, 2.45) is 0 Å². The molecule has 0 saturated heterocycles. The lowest BCUT2D eigenvalue weighted by Crippen LogP contribution is -2.01. The van der Waals surface area contributed by atoms with Gasteiger partial charge in [0.25, 0.3) is 0 Å². The van der Waals surface area contributed by atoms with Crippen LogP contribution >= 0.6 is 31.9 Å². The molecule has 0 radical (unpaired) electrons. The summed E-state index contributed by atoms with van der Waals surface area (Å²) in [6.45, 7) is 0. The smallest absolute Gasteiger partial charge is 0.115 e. The van der Waals surface area contributed by atoms with Crippen molar-refractivity contribution in [1.82, 2.24) is 9.97 Å². The molecule has 1 aromatic heterocycles. The number of hydrogen-bond acceptors (Lipinski definition) is 3. The topological polar surface area (TPSA) is 49.6 Å². The summed E-state index contributed by atoms with van der Waals surface area (Å²) in [7, 11) is 0. The standard InChI is InChI=1S/C7H5Br2N3/c8-1-5(2-10)7-6(9)3-11-4-12-7/h3-5H,1H2. The molecule has 1 heterocycles. The van der Waals surface area contributed by atoms with E-state index >= 15 is 0 Å². The maximum absolute atomic E-state index is 8.74. The van der Waals surface area contributed by atoms with E-state index < -0.39 is 0 Å². The molecule has 62 valence electrons. The number of hydrogen-bond donors (Lipinski definition) is 0. The van der Waals surface area contributed by atoms with Crippen LogP contribution in [-0.2, 0) is 0 Å². The minimum absolute atomic E-state index is 0.220. The molecule has 1 atom stereocenters. The van der Waals surface area contributed by atoms with Gasteiger partial charge < -0.3 is 0 Å². The van der Waals surface area contributed by atoms with Crippen LogP contribution in [0, 0.1) is 11.3 Å². The first-order chi connectivity index (χ1) is 5.79. The molecule has 0 N–H and O–H groups in total. The van der Waals surface area contributed by atoms with Crippen molar-refractivity contribution in [2.45, 2.75) is 5.92 Å². The van der Waals surface area contributed by atoms with E-state index in [0.717, 1.165) is 10.2 Å². The highest BCUT2D eigenvalue weighted by atomic mass is 79.9. The van der Waals surface area contributed by atoms with E-state index in [-0.39, 0.29) is 5.92 Å². The third-order valence-corrected chi connectivity index (χ3v) is 2.59. The second kappa shape index (κ2) is 4.53. The number of alkyl halides is 1. The molecule has 12 heavy (non-hydrogen) atoms. The van der Waals surface area contributed by atoms with Crippen molar-refractivity contribution in [2.75, 3.05) is 5.33 Å². The van der Waals surface area contributed by atoms with E-state index in [4.69, 9.17) is 5.26 Å². The van der Waals surface area contributed by atoms with Crippen LogP contribution in [-0.4, -0.2) is 15.3 Å². The van der Waals surface area contributed by atoms with Crippen LogP contribution in [0.25, 0.3) is 0 Å². The molecule has 5 heteroatoms. The second-order valence-electron chi connectivity index (χ2n) is 2.09. The zero-order valence-corrected chi connectivity index (χ0v) is 9.21. The number of halogens is 2. The summed E-state index contributed by atoms with van der Waals surface area (Å²) < 4.78 is 0.774. The van der Waals surface area contributed by atoms with Crippen LogP contribution in [0.15, 0.2) is 17.0 Å². The highest BCUT2D eigenvalue weighted by Crippen LogP contribution is 2.22. The number of aromatic nitrogens is 2. The third kappa shape index (κ3) is 2.02. The van der Waals surface area contributed by atoms with Gasteiger partial charge in [-0.15, -0.1) is 0 Å². The molecule has 1 rings (SSSR count). The van der Waals surface area contributed by atoms with Gasteiger partial charge in [-0.2, -0.15) is 5.26 Å². The fourth-order valence-corrected chi connectivity index (χ4v) is 1.70. The van der Waals surface area contributed by atoms with Crippen molar-refractivity contribution in [3.63, 3.8) is 0 Å². The molecular weight excluding hydrogens is 286 g/mol. The van der Waals surface area contributed by atoms with Gasteiger partial charge in [0, 0.05) is 11.5 Å². The second-order valence-corrected chi connectivity index (χ2v) is 3.59. The van der Waals surface area contributed by atoms with Crippen LogP contribution in [0.2, 0.25) is 0 Å². The van der Waals surface area contributed by atoms with Crippen molar-refractivity contribution >= 4 is 31.9 Å². The Bertz CT molecular complexity index is 308. The zero-order chi connectivity index (χ0) is 8.97.